The molecule has 0 aliphatic heterocycles. The van der Waals surface area contributed by atoms with Crippen molar-refractivity contribution in [3.05, 3.63) is 89.0 Å². The highest BCUT2D eigenvalue weighted by Gasteiger charge is 2.09. The smallest absolute Gasteiger partial charge is 0.258 e. The van der Waals surface area contributed by atoms with Crippen LogP contribution in [0.15, 0.2) is 78.9 Å². The number of nitro groups is 1. The molecule has 0 bridgehead atoms. The first-order valence-corrected chi connectivity index (χ1v) is 8.13. The van der Waals surface area contributed by atoms with Gasteiger partial charge in [0, 0.05) is 12.1 Å². The first-order chi connectivity index (χ1) is 12.2. The van der Waals surface area contributed by atoms with E-state index in [1.165, 1.54) is 21.5 Å². The number of fused-ring (bicyclic) bond motifs is 6. The summed E-state index contributed by atoms with van der Waals surface area (Å²) in [6.45, 7) is 0. The Morgan fingerprint density at radius 1 is 0.560 bits per heavy atom. The van der Waals surface area contributed by atoms with Crippen LogP contribution >= 0.6 is 0 Å². The van der Waals surface area contributed by atoms with Gasteiger partial charge in [0.05, 0.1) is 4.92 Å². The molecule has 0 atom stereocenters. The van der Waals surface area contributed by atoms with Crippen molar-refractivity contribution in [2.45, 2.75) is 0 Å². The number of nitrogens with zero attached hydrogens (tertiary/aromatic N) is 1. The summed E-state index contributed by atoms with van der Waals surface area (Å²) in [4.78, 5) is 10.7. The molecule has 0 aromatic heterocycles. The minimum atomic E-state index is -0.351. The van der Waals surface area contributed by atoms with Gasteiger partial charge in [0.25, 0.3) is 5.69 Å². The molecule has 0 saturated heterocycles. The topological polar surface area (TPSA) is 43.1 Å². The normalized spacial score (nSPS) is 11.5. The highest BCUT2D eigenvalue weighted by Crippen LogP contribution is 2.34. The Labute approximate surface area is 143 Å². The highest BCUT2D eigenvalue weighted by molar-refractivity contribution is 6.17. The average molecular weight is 323 g/mol. The molecule has 25 heavy (non-hydrogen) atoms. The summed E-state index contributed by atoms with van der Waals surface area (Å²) in [5.74, 6) is 0. The summed E-state index contributed by atoms with van der Waals surface area (Å²) in [6.07, 6.45) is 0. The Morgan fingerprint density at radius 3 is 1.80 bits per heavy atom. The van der Waals surface area contributed by atoms with Gasteiger partial charge in [-0.2, -0.15) is 0 Å². The van der Waals surface area contributed by atoms with Gasteiger partial charge in [-0.15, -0.1) is 0 Å². The van der Waals surface area contributed by atoms with Gasteiger partial charge >= 0.3 is 0 Å². The molecule has 3 nitrogen and oxygen atoms in total. The first-order valence-electron chi connectivity index (χ1n) is 8.13. The highest BCUT2D eigenvalue weighted by atomic mass is 16.6. The SMILES string of the molecule is O=[N+]([O-])c1ccc2c(ccc3cc4c(ccc5ccccc54)cc32)c1. The molecule has 0 unspecified atom stereocenters. The summed E-state index contributed by atoms with van der Waals surface area (Å²) in [5.41, 5.74) is 0.124. The monoisotopic (exact) mass is 323 g/mol. The molecule has 5 aromatic carbocycles. The van der Waals surface area contributed by atoms with Crippen molar-refractivity contribution in [1.29, 1.82) is 0 Å². The summed E-state index contributed by atoms with van der Waals surface area (Å²) in [5, 5.41) is 20.1. The van der Waals surface area contributed by atoms with E-state index in [2.05, 4.69) is 48.5 Å². The fourth-order valence-electron chi connectivity index (χ4n) is 3.67. The lowest BCUT2D eigenvalue weighted by Crippen LogP contribution is -1.88. The average Bonchev–Trinajstić information content (AvgIpc) is 2.65. The van der Waals surface area contributed by atoms with Crippen LogP contribution in [0.25, 0.3) is 43.1 Å². The van der Waals surface area contributed by atoms with Crippen molar-refractivity contribution in [3.8, 4) is 0 Å². The van der Waals surface area contributed by atoms with Gasteiger partial charge in [-0.05, 0) is 61.3 Å². The van der Waals surface area contributed by atoms with Gasteiger partial charge in [0.15, 0.2) is 0 Å². The minimum absolute atomic E-state index is 0.124. The van der Waals surface area contributed by atoms with E-state index in [0.29, 0.717) is 0 Å². The number of hydrogen-bond acceptors (Lipinski definition) is 2. The fraction of sp³-hybridized carbons (Fsp3) is 0. The van der Waals surface area contributed by atoms with Gasteiger partial charge in [0.1, 0.15) is 0 Å². The predicted molar refractivity (Wildman–Crippen MR) is 103 cm³/mol. The molecule has 0 heterocycles. The van der Waals surface area contributed by atoms with Crippen LogP contribution in [0.4, 0.5) is 5.69 Å². The quantitative estimate of drug-likeness (QED) is 0.159. The van der Waals surface area contributed by atoms with Crippen LogP contribution in [0.3, 0.4) is 0 Å². The molecule has 0 radical (unpaired) electrons. The minimum Gasteiger partial charge on any atom is -0.258 e. The molecule has 0 spiro atoms. The zero-order valence-corrected chi connectivity index (χ0v) is 13.3. The van der Waals surface area contributed by atoms with Crippen LogP contribution in [-0.2, 0) is 0 Å². The molecular weight excluding hydrogens is 310 g/mol. The second-order valence-electron chi connectivity index (χ2n) is 6.31. The second-order valence-corrected chi connectivity index (χ2v) is 6.31. The maximum absolute atomic E-state index is 11.0. The maximum atomic E-state index is 11.0. The van der Waals surface area contributed by atoms with Gasteiger partial charge in [-0.3, -0.25) is 10.1 Å². The van der Waals surface area contributed by atoms with Crippen LogP contribution in [0, 0.1) is 10.1 Å². The molecule has 0 N–H and O–H groups in total. The Morgan fingerprint density at radius 2 is 1.12 bits per heavy atom. The Bertz CT molecular complexity index is 1320. The molecular formula is C22H13NO2. The van der Waals surface area contributed by atoms with Crippen LogP contribution < -0.4 is 0 Å². The number of non-ortho nitro benzene ring substituents is 1. The molecule has 5 rings (SSSR count). The fourth-order valence-corrected chi connectivity index (χ4v) is 3.67. The third kappa shape index (κ3) is 2.06. The van der Waals surface area contributed by atoms with Crippen molar-refractivity contribution in [1.82, 2.24) is 0 Å². The third-order valence-electron chi connectivity index (χ3n) is 4.89. The van der Waals surface area contributed by atoms with Crippen molar-refractivity contribution in [2.24, 2.45) is 0 Å². The van der Waals surface area contributed by atoms with E-state index in [1.54, 1.807) is 12.1 Å². The van der Waals surface area contributed by atoms with E-state index in [-0.39, 0.29) is 10.6 Å². The summed E-state index contributed by atoms with van der Waals surface area (Å²) in [7, 11) is 0. The second kappa shape index (κ2) is 5.02. The molecule has 0 aliphatic rings. The predicted octanol–water partition coefficient (Wildman–Crippen LogP) is 6.21. The van der Waals surface area contributed by atoms with Gasteiger partial charge < -0.3 is 0 Å². The Kier molecular flexibility index (Phi) is 2.80. The van der Waals surface area contributed by atoms with E-state index >= 15 is 0 Å². The van der Waals surface area contributed by atoms with Crippen LogP contribution in [-0.4, -0.2) is 4.92 Å². The molecule has 0 aliphatic carbocycles. The van der Waals surface area contributed by atoms with Crippen molar-refractivity contribution >= 4 is 48.8 Å². The zero-order valence-electron chi connectivity index (χ0n) is 13.3. The van der Waals surface area contributed by atoms with Crippen LogP contribution in [0.1, 0.15) is 0 Å². The number of nitro benzene ring substituents is 1. The van der Waals surface area contributed by atoms with Crippen LogP contribution in [0.2, 0.25) is 0 Å². The number of rotatable bonds is 1. The summed E-state index contributed by atoms with van der Waals surface area (Å²) in [6, 6.07) is 26.1. The molecule has 3 heteroatoms. The van der Waals surface area contributed by atoms with Crippen molar-refractivity contribution < 1.29 is 4.92 Å². The third-order valence-corrected chi connectivity index (χ3v) is 4.89. The van der Waals surface area contributed by atoms with E-state index in [9.17, 15) is 10.1 Å². The van der Waals surface area contributed by atoms with Crippen molar-refractivity contribution in [3.63, 3.8) is 0 Å². The molecule has 118 valence electrons. The number of benzene rings is 5. The van der Waals surface area contributed by atoms with E-state index in [1.807, 2.05) is 18.2 Å². The van der Waals surface area contributed by atoms with Gasteiger partial charge in [0.2, 0.25) is 0 Å². The van der Waals surface area contributed by atoms with E-state index in [4.69, 9.17) is 0 Å². The maximum Gasteiger partial charge on any atom is 0.270 e. The van der Waals surface area contributed by atoms with Gasteiger partial charge in [-0.25, -0.2) is 0 Å². The molecule has 0 saturated carbocycles. The van der Waals surface area contributed by atoms with Gasteiger partial charge in [-0.1, -0.05) is 48.5 Å². The van der Waals surface area contributed by atoms with E-state index < -0.39 is 0 Å². The molecule has 5 aromatic rings. The zero-order chi connectivity index (χ0) is 17.0. The lowest BCUT2D eigenvalue weighted by Gasteiger charge is -2.09. The van der Waals surface area contributed by atoms with E-state index in [0.717, 1.165) is 21.5 Å². The lowest BCUT2D eigenvalue weighted by molar-refractivity contribution is -0.384. The standard InChI is InChI=1S/C22H13NO2/c24-23(25)18-9-10-20-15(11-18)7-8-17-12-21-16(13-22(17)20)6-5-14-3-1-2-4-19(14)21/h1-13H. The van der Waals surface area contributed by atoms with Crippen LogP contribution in [0.5, 0.6) is 0 Å². The summed E-state index contributed by atoms with van der Waals surface area (Å²) >= 11 is 0. The largest absolute Gasteiger partial charge is 0.270 e. The molecule has 0 amide bonds. The lowest BCUT2D eigenvalue weighted by atomic mass is 9.95. The molecule has 0 fully saturated rings. The van der Waals surface area contributed by atoms with Crippen molar-refractivity contribution in [2.75, 3.05) is 0 Å². The first kappa shape index (κ1) is 13.9. The number of hydrogen-bond donors (Lipinski definition) is 0. The summed E-state index contributed by atoms with van der Waals surface area (Å²) < 4.78 is 0. The Balaban J connectivity index is 1.90. The Hall–Kier alpha value is -3.46.